The Labute approximate surface area is 147 Å². The molecule has 0 aromatic heterocycles. The van der Waals surface area contributed by atoms with Gasteiger partial charge in [-0.3, -0.25) is 4.79 Å². The highest BCUT2D eigenvalue weighted by atomic mass is 16.5. The predicted octanol–water partition coefficient (Wildman–Crippen LogP) is 4.09. The van der Waals surface area contributed by atoms with Crippen LogP contribution in [-0.2, 0) is 14.3 Å². The lowest BCUT2D eigenvalue weighted by molar-refractivity contribution is -0.127. The topological polar surface area (TPSA) is 38.8 Å². The van der Waals surface area contributed by atoms with E-state index in [9.17, 15) is 4.79 Å². The zero-order valence-corrected chi connectivity index (χ0v) is 15.4. The maximum absolute atomic E-state index is 12.3. The van der Waals surface area contributed by atoms with E-state index in [1.807, 2.05) is 11.8 Å². The molecule has 2 unspecified atom stereocenters. The van der Waals surface area contributed by atoms with E-state index >= 15 is 0 Å². The summed E-state index contributed by atoms with van der Waals surface area (Å²) in [5.74, 6) is 0.115. The molecule has 24 heavy (non-hydrogen) atoms. The molecule has 2 heterocycles. The number of ether oxygens (including phenoxy) is 2. The summed E-state index contributed by atoms with van der Waals surface area (Å²) in [5, 5.41) is 0. The Bertz CT molecular complexity index is 360. The summed E-state index contributed by atoms with van der Waals surface area (Å²) in [5.41, 5.74) is 0.647. The third-order valence-electron chi connectivity index (χ3n) is 5.11. The van der Waals surface area contributed by atoms with Crippen LogP contribution in [0.2, 0.25) is 0 Å². The first kappa shape index (κ1) is 19.5. The summed E-state index contributed by atoms with van der Waals surface area (Å²) in [6, 6.07) is 0. The van der Waals surface area contributed by atoms with Crippen molar-refractivity contribution in [3.63, 3.8) is 0 Å². The Morgan fingerprint density at radius 1 is 0.958 bits per heavy atom. The number of amides is 1. The molecule has 0 N–H and O–H groups in total. The number of rotatable bonds is 11. The third-order valence-corrected chi connectivity index (χ3v) is 5.11. The van der Waals surface area contributed by atoms with E-state index in [4.69, 9.17) is 9.47 Å². The number of hydrogen-bond donors (Lipinski definition) is 0. The predicted molar refractivity (Wildman–Crippen MR) is 97.0 cm³/mol. The Balaban J connectivity index is 1.62. The lowest BCUT2D eigenvalue weighted by Gasteiger charge is -2.23. The van der Waals surface area contributed by atoms with Crippen LogP contribution in [0.5, 0.6) is 0 Å². The molecule has 0 radical (unpaired) electrons. The van der Waals surface area contributed by atoms with Crippen molar-refractivity contribution in [2.75, 3.05) is 26.3 Å². The van der Waals surface area contributed by atoms with Crippen LogP contribution in [0, 0.1) is 0 Å². The Hall–Kier alpha value is -0.870. The van der Waals surface area contributed by atoms with Crippen molar-refractivity contribution in [2.45, 2.75) is 83.3 Å². The van der Waals surface area contributed by atoms with Crippen molar-refractivity contribution in [3.05, 3.63) is 12.2 Å². The molecule has 2 aliphatic rings. The van der Waals surface area contributed by atoms with Crippen LogP contribution in [0.25, 0.3) is 0 Å². The molecule has 0 saturated carbocycles. The monoisotopic (exact) mass is 337 g/mol. The lowest BCUT2D eigenvalue weighted by Crippen LogP contribution is -2.33. The van der Waals surface area contributed by atoms with E-state index in [-0.39, 0.29) is 5.91 Å². The highest BCUT2D eigenvalue weighted by Gasteiger charge is 2.18. The highest BCUT2D eigenvalue weighted by molar-refractivity contribution is 5.92. The van der Waals surface area contributed by atoms with E-state index in [0.29, 0.717) is 17.8 Å². The molecule has 2 rings (SSSR count). The zero-order chi connectivity index (χ0) is 17.2. The van der Waals surface area contributed by atoms with Gasteiger partial charge in [0.1, 0.15) is 0 Å². The molecule has 2 aliphatic heterocycles. The van der Waals surface area contributed by atoms with Gasteiger partial charge in [0.05, 0.1) is 12.2 Å². The summed E-state index contributed by atoms with van der Waals surface area (Å²) in [6.45, 7) is 9.18. The largest absolute Gasteiger partial charge is 0.378 e. The fraction of sp³-hybridized carbons (Fsp3) is 0.850. The summed E-state index contributed by atoms with van der Waals surface area (Å²) >= 11 is 0. The number of nitrogens with zero attached hydrogens (tertiary/aromatic N) is 1. The maximum Gasteiger partial charge on any atom is 0.248 e. The maximum atomic E-state index is 12.3. The van der Waals surface area contributed by atoms with Gasteiger partial charge in [-0.2, -0.15) is 0 Å². The second-order valence-electron chi connectivity index (χ2n) is 7.33. The minimum absolute atomic E-state index is 0.115. The Morgan fingerprint density at radius 2 is 1.46 bits per heavy atom. The molecule has 2 atom stereocenters. The average molecular weight is 338 g/mol. The molecule has 138 valence electrons. The van der Waals surface area contributed by atoms with Crippen LogP contribution in [0.15, 0.2) is 12.2 Å². The molecular weight excluding hydrogens is 302 g/mol. The fourth-order valence-electron chi connectivity index (χ4n) is 3.68. The molecule has 1 amide bonds. The summed E-state index contributed by atoms with van der Waals surface area (Å²) < 4.78 is 11.3. The van der Waals surface area contributed by atoms with Crippen molar-refractivity contribution < 1.29 is 14.3 Å². The molecule has 2 fully saturated rings. The van der Waals surface area contributed by atoms with Gasteiger partial charge in [0.15, 0.2) is 0 Å². The second-order valence-corrected chi connectivity index (χ2v) is 7.33. The minimum atomic E-state index is 0.115. The van der Waals surface area contributed by atoms with E-state index in [1.165, 1.54) is 25.7 Å². The van der Waals surface area contributed by atoms with Gasteiger partial charge in [-0.05, 0) is 71.1 Å². The Kier molecular flexibility index (Phi) is 8.82. The molecule has 0 aromatic rings. The number of carbonyl (C=O) groups is 1. The SMILES string of the molecule is C=C(C)C(=O)N(CCCCC1CCCO1)CCCCC1CCCO1. The van der Waals surface area contributed by atoms with E-state index in [1.54, 1.807) is 0 Å². The summed E-state index contributed by atoms with van der Waals surface area (Å²) in [4.78, 5) is 14.3. The second kappa shape index (κ2) is 10.9. The summed E-state index contributed by atoms with van der Waals surface area (Å²) in [6.07, 6.45) is 12.4. The number of carbonyl (C=O) groups excluding carboxylic acids is 1. The normalized spacial score (nSPS) is 23.5. The molecule has 2 saturated heterocycles. The van der Waals surface area contributed by atoms with Crippen LogP contribution in [0.1, 0.15) is 71.1 Å². The molecule has 0 aromatic carbocycles. The van der Waals surface area contributed by atoms with E-state index in [2.05, 4.69) is 6.58 Å². The molecule has 4 heteroatoms. The van der Waals surface area contributed by atoms with Gasteiger partial charge in [0.2, 0.25) is 5.91 Å². The molecular formula is C20H35NO3. The average Bonchev–Trinajstić information content (AvgIpc) is 3.26. The van der Waals surface area contributed by atoms with Crippen molar-refractivity contribution in [2.24, 2.45) is 0 Å². The summed E-state index contributed by atoms with van der Waals surface area (Å²) in [7, 11) is 0. The van der Waals surface area contributed by atoms with Crippen LogP contribution in [0.3, 0.4) is 0 Å². The molecule has 4 nitrogen and oxygen atoms in total. The van der Waals surface area contributed by atoms with Gasteiger partial charge >= 0.3 is 0 Å². The van der Waals surface area contributed by atoms with Gasteiger partial charge in [0.25, 0.3) is 0 Å². The third kappa shape index (κ3) is 6.94. The van der Waals surface area contributed by atoms with E-state index < -0.39 is 0 Å². The quantitative estimate of drug-likeness (QED) is 0.421. The van der Waals surface area contributed by atoms with Gasteiger partial charge in [0, 0.05) is 31.9 Å². The highest BCUT2D eigenvalue weighted by Crippen LogP contribution is 2.19. The first-order chi connectivity index (χ1) is 11.7. The standard InChI is InChI=1S/C20H35NO3/c1-17(2)20(22)21(13-5-3-9-18-11-7-15-23-18)14-6-4-10-19-12-8-16-24-19/h18-19H,1,3-16H2,2H3. The lowest BCUT2D eigenvalue weighted by atomic mass is 10.1. The van der Waals surface area contributed by atoms with E-state index in [0.717, 1.165) is 64.8 Å². The van der Waals surface area contributed by atoms with Crippen LogP contribution in [-0.4, -0.2) is 49.3 Å². The smallest absolute Gasteiger partial charge is 0.248 e. The van der Waals surface area contributed by atoms with Crippen molar-refractivity contribution >= 4 is 5.91 Å². The Morgan fingerprint density at radius 3 is 1.83 bits per heavy atom. The zero-order valence-electron chi connectivity index (χ0n) is 15.4. The van der Waals surface area contributed by atoms with Crippen molar-refractivity contribution in [1.82, 2.24) is 4.90 Å². The van der Waals surface area contributed by atoms with Crippen molar-refractivity contribution in [1.29, 1.82) is 0 Å². The van der Waals surface area contributed by atoms with Crippen molar-refractivity contribution in [3.8, 4) is 0 Å². The van der Waals surface area contributed by atoms with Gasteiger partial charge in [-0.1, -0.05) is 6.58 Å². The van der Waals surface area contributed by atoms with Crippen LogP contribution in [0.4, 0.5) is 0 Å². The number of hydrogen-bond acceptors (Lipinski definition) is 3. The minimum Gasteiger partial charge on any atom is -0.378 e. The van der Waals surface area contributed by atoms with Gasteiger partial charge < -0.3 is 14.4 Å². The van der Waals surface area contributed by atoms with Gasteiger partial charge in [-0.15, -0.1) is 0 Å². The fourth-order valence-corrected chi connectivity index (χ4v) is 3.68. The first-order valence-electron chi connectivity index (χ1n) is 9.85. The molecule has 0 bridgehead atoms. The first-order valence-corrected chi connectivity index (χ1v) is 9.85. The number of unbranched alkanes of at least 4 members (excludes halogenated alkanes) is 2. The van der Waals surface area contributed by atoms with Gasteiger partial charge in [-0.25, -0.2) is 0 Å². The van der Waals surface area contributed by atoms with Crippen LogP contribution < -0.4 is 0 Å². The molecule has 0 aliphatic carbocycles. The van der Waals surface area contributed by atoms with Crippen LogP contribution >= 0.6 is 0 Å². The molecule has 0 spiro atoms.